The Kier molecular flexibility index (Phi) is 7.99. The molecule has 0 amide bonds. The molecule has 1 aromatic carbocycles. The van der Waals surface area contributed by atoms with Gasteiger partial charge in [0.25, 0.3) is 0 Å². The fraction of sp³-hybridized carbons (Fsp3) is 0.625. The molecule has 154 valence electrons. The third-order valence-corrected chi connectivity index (χ3v) is 6.55. The van der Waals surface area contributed by atoms with Crippen LogP contribution in [0.2, 0.25) is 5.02 Å². The van der Waals surface area contributed by atoms with E-state index in [9.17, 15) is 0 Å². The minimum absolute atomic E-state index is 0.458. The molecule has 0 spiro atoms. The van der Waals surface area contributed by atoms with Crippen LogP contribution in [0.4, 0.5) is 5.69 Å². The van der Waals surface area contributed by atoms with E-state index in [1.165, 1.54) is 61.7 Å². The molecule has 1 aliphatic carbocycles. The number of nitrogens with zero attached hydrogens (tertiary/aromatic N) is 2. The molecular weight excluding hydrogens is 366 g/mol. The molecule has 1 atom stereocenters. The molecule has 0 saturated heterocycles. The van der Waals surface area contributed by atoms with Crippen LogP contribution in [0.1, 0.15) is 59.3 Å². The van der Waals surface area contributed by atoms with Crippen molar-refractivity contribution in [2.45, 2.75) is 71.9 Å². The predicted octanol–water partition coefficient (Wildman–Crippen LogP) is 5.89. The largest absolute Gasteiger partial charge is 0.382 e. The molecule has 1 heterocycles. The molecule has 1 fully saturated rings. The summed E-state index contributed by atoms with van der Waals surface area (Å²) in [6.07, 6.45) is 10.2. The third kappa shape index (κ3) is 5.61. The number of fused-ring (bicyclic) bond motifs is 1. The molecule has 1 aromatic heterocycles. The minimum atomic E-state index is 0.458. The maximum atomic E-state index is 6.35. The number of pyridine rings is 1. The Morgan fingerprint density at radius 2 is 1.93 bits per heavy atom. The van der Waals surface area contributed by atoms with E-state index in [2.05, 4.69) is 60.0 Å². The van der Waals surface area contributed by atoms with Crippen molar-refractivity contribution < 1.29 is 4.57 Å². The summed E-state index contributed by atoms with van der Waals surface area (Å²) in [6.45, 7) is 11.4. The number of hydrogen-bond acceptors (Lipinski definition) is 2. The Bertz CT molecular complexity index is 751. The zero-order valence-corrected chi connectivity index (χ0v) is 18.6. The van der Waals surface area contributed by atoms with Gasteiger partial charge in [-0.2, -0.15) is 4.57 Å². The fourth-order valence-corrected chi connectivity index (χ4v) is 4.73. The van der Waals surface area contributed by atoms with Crippen LogP contribution >= 0.6 is 11.6 Å². The first-order valence-corrected chi connectivity index (χ1v) is 11.6. The summed E-state index contributed by atoms with van der Waals surface area (Å²) in [6, 6.07) is 9.03. The van der Waals surface area contributed by atoms with Gasteiger partial charge in [-0.3, -0.25) is 0 Å². The first-order valence-electron chi connectivity index (χ1n) is 11.2. The maximum Gasteiger partial charge on any atom is 0.216 e. The van der Waals surface area contributed by atoms with E-state index in [-0.39, 0.29) is 0 Å². The highest BCUT2D eigenvalue weighted by molar-refractivity contribution is 6.31. The number of nitrogens with one attached hydrogen (secondary N) is 1. The quantitative estimate of drug-likeness (QED) is 0.499. The highest BCUT2D eigenvalue weighted by atomic mass is 35.5. The van der Waals surface area contributed by atoms with E-state index in [0.717, 1.165) is 30.6 Å². The Hall–Kier alpha value is -1.32. The summed E-state index contributed by atoms with van der Waals surface area (Å²) in [5.41, 5.74) is 2.48. The van der Waals surface area contributed by atoms with Gasteiger partial charge in [0.05, 0.1) is 11.1 Å². The van der Waals surface area contributed by atoms with Gasteiger partial charge >= 0.3 is 0 Å². The molecule has 1 saturated carbocycles. The van der Waals surface area contributed by atoms with Crippen LogP contribution < -0.4 is 9.88 Å². The van der Waals surface area contributed by atoms with Crippen LogP contribution in [-0.4, -0.2) is 30.6 Å². The van der Waals surface area contributed by atoms with Gasteiger partial charge < -0.3 is 10.2 Å². The van der Waals surface area contributed by atoms with Gasteiger partial charge in [-0.15, -0.1) is 0 Å². The fourth-order valence-electron chi connectivity index (χ4n) is 4.56. The van der Waals surface area contributed by atoms with Gasteiger partial charge in [-0.1, -0.05) is 38.3 Å². The van der Waals surface area contributed by atoms with E-state index in [1.807, 2.05) is 6.07 Å². The number of rotatable bonds is 10. The third-order valence-electron chi connectivity index (χ3n) is 6.32. The van der Waals surface area contributed by atoms with Gasteiger partial charge in [0.15, 0.2) is 12.7 Å². The second-order valence-corrected chi connectivity index (χ2v) is 8.84. The average Bonchev–Trinajstić information content (AvgIpc) is 3.20. The second-order valence-electron chi connectivity index (χ2n) is 8.41. The lowest BCUT2D eigenvalue weighted by molar-refractivity contribution is -0.677. The van der Waals surface area contributed by atoms with Crippen LogP contribution in [0.15, 0.2) is 30.5 Å². The Labute approximate surface area is 176 Å². The van der Waals surface area contributed by atoms with Gasteiger partial charge in [0, 0.05) is 29.1 Å². The number of halogens is 1. The topological polar surface area (TPSA) is 19.1 Å². The lowest BCUT2D eigenvalue weighted by atomic mass is 10.1. The van der Waals surface area contributed by atoms with E-state index in [0.29, 0.717) is 6.04 Å². The average molecular weight is 403 g/mol. The standard InChI is InChI=1S/C24H36ClN3/c1-4-27(5-2)15-8-9-19(3)26-23-14-16-28(18-20-10-6-7-11-20)24-17-21(25)12-13-22(23)24/h12-14,16-17,19-20H,4-11,15,18H2,1-3H3/p+1. The number of benzene rings is 1. The Morgan fingerprint density at radius 3 is 2.64 bits per heavy atom. The molecule has 0 bridgehead atoms. The summed E-state index contributed by atoms with van der Waals surface area (Å²) in [7, 11) is 0. The molecule has 1 aliphatic rings. The van der Waals surface area contributed by atoms with Crippen molar-refractivity contribution >= 4 is 28.2 Å². The van der Waals surface area contributed by atoms with E-state index < -0.39 is 0 Å². The monoisotopic (exact) mass is 402 g/mol. The highest BCUT2D eigenvalue weighted by Gasteiger charge is 2.22. The molecule has 0 aliphatic heterocycles. The van der Waals surface area contributed by atoms with E-state index in [1.54, 1.807) is 0 Å². The first kappa shape index (κ1) is 21.4. The molecule has 1 N–H and O–H groups in total. The first-order chi connectivity index (χ1) is 13.6. The van der Waals surface area contributed by atoms with Crippen molar-refractivity contribution in [1.29, 1.82) is 0 Å². The van der Waals surface area contributed by atoms with Crippen LogP contribution in [0.5, 0.6) is 0 Å². The van der Waals surface area contributed by atoms with Crippen LogP contribution in [0.3, 0.4) is 0 Å². The van der Waals surface area contributed by atoms with Crippen LogP contribution in [-0.2, 0) is 6.54 Å². The molecule has 28 heavy (non-hydrogen) atoms. The van der Waals surface area contributed by atoms with Crippen molar-refractivity contribution in [3.8, 4) is 0 Å². The molecule has 3 rings (SSSR count). The summed E-state index contributed by atoms with van der Waals surface area (Å²) in [5.74, 6) is 0.810. The maximum absolute atomic E-state index is 6.35. The molecule has 0 radical (unpaired) electrons. The molecule has 2 aromatic rings. The van der Waals surface area contributed by atoms with Gasteiger partial charge in [0.2, 0.25) is 5.52 Å². The molecule has 3 nitrogen and oxygen atoms in total. The second kappa shape index (κ2) is 10.5. The van der Waals surface area contributed by atoms with Crippen molar-refractivity contribution in [3.05, 3.63) is 35.5 Å². The summed E-state index contributed by atoms with van der Waals surface area (Å²) < 4.78 is 2.41. The Balaban J connectivity index is 1.71. The summed E-state index contributed by atoms with van der Waals surface area (Å²) in [5, 5.41) is 5.86. The van der Waals surface area contributed by atoms with Crippen LogP contribution in [0.25, 0.3) is 10.9 Å². The van der Waals surface area contributed by atoms with Gasteiger partial charge in [-0.25, -0.2) is 0 Å². The zero-order chi connectivity index (χ0) is 19.9. The van der Waals surface area contributed by atoms with Crippen LogP contribution in [0, 0.1) is 5.92 Å². The summed E-state index contributed by atoms with van der Waals surface area (Å²) in [4.78, 5) is 2.50. The number of anilines is 1. The van der Waals surface area contributed by atoms with Crippen molar-refractivity contribution in [2.24, 2.45) is 5.92 Å². The molecular formula is C24H37ClN3+. The van der Waals surface area contributed by atoms with Crippen molar-refractivity contribution in [3.63, 3.8) is 0 Å². The lowest BCUT2D eigenvalue weighted by Crippen LogP contribution is -2.37. The van der Waals surface area contributed by atoms with Gasteiger partial charge in [-0.05, 0) is 64.4 Å². The van der Waals surface area contributed by atoms with E-state index >= 15 is 0 Å². The Morgan fingerprint density at radius 1 is 1.18 bits per heavy atom. The lowest BCUT2D eigenvalue weighted by Gasteiger charge is -2.20. The minimum Gasteiger partial charge on any atom is -0.382 e. The van der Waals surface area contributed by atoms with Crippen molar-refractivity contribution in [2.75, 3.05) is 25.0 Å². The van der Waals surface area contributed by atoms with E-state index in [4.69, 9.17) is 11.6 Å². The zero-order valence-electron chi connectivity index (χ0n) is 17.9. The highest BCUT2D eigenvalue weighted by Crippen LogP contribution is 2.28. The SMILES string of the molecule is CCN(CC)CCCC(C)Nc1cc[n+](CC2CCCC2)c2cc(Cl)ccc12. The summed E-state index contributed by atoms with van der Waals surface area (Å²) >= 11 is 6.35. The number of aromatic nitrogens is 1. The number of hydrogen-bond donors (Lipinski definition) is 1. The smallest absolute Gasteiger partial charge is 0.216 e. The van der Waals surface area contributed by atoms with Crippen molar-refractivity contribution in [1.82, 2.24) is 4.90 Å². The molecule has 4 heteroatoms. The molecule has 1 unspecified atom stereocenters. The predicted molar refractivity (Wildman–Crippen MR) is 121 cm³/mol. The normalized spacial score (nSPS) is 16.2. The van der Waals surface area contributed by atoms with Gasteiger partial charge in [0.1, 0.15) is 0 Å².